The summed E-state index contributed by atoms with van der Waals surface area (Å²) in [5.74, 6) is 1.59. The highest BCUT2D eigenvalue weighted by Gasteiger charge is 2.42. The summed E-state index contributed by atoms with van der Waals surface area (Å²) in [6.45, 7) is 1.98. The van der Waals surface area contributed by atoms with Crippen molar-refractivity contribution in [1.82, 2.24) is 15.3 Å². The van der Waals surface area contributed by atoms with Gasteiger partial charge in [0.2, 0.25) is 5.91 Å². The van der Waals surface area contributed by atoms with Crippen molar-refractivity contribution in [3.63, 3.8) is 0 Å². The molecule has 0 radical (unpaired) electrons. The number of rotatable bonds is 5. The Morgan fingerprint density at radius 1 is 1.44 bits per heavy atom. The third-order valence-electron chi connectivity index (χ3n) is 5.17. The van der Waals surface area contributed by atoms with Gasteiger partial charge < -0.3 is 10.3 Å². The maximum Gasteiger partial charge on any atom is 0.433 e. The van der Waals surface area contributed by atoms with Crippen LogP contribution in [-0.4, -0.2) is 27.7 Å². The molecular weight excluding hydrogens is 355 g/mol. The normalized spacial score (nSPS) is 26.6. The zero-order valence-corrected chi connectivity index (χ0v) is 14.5. The first-order valence-corrected chi connectivity index (χ1v) is 9.31. The van der Waals surface area contributed by atoms with Crippen LogP contribution in [-0.2, 0) is 11.0 Å². The van der Waals surface area contributed by atoms with E-state index in [1.54, 1.807) is 0 Å². The molecular formula is C16H20F3N3O2S. The number of nitrogens with zero attached hydrogens (tertiary/aromatic N) is 1. The number of H-pyrrole nitrogens is 1. The Labute approximate surface area is 147 Å². The van der Waals surface area contributed by atoms with E-state index in [1.807, 2.05) is 6.92 Å². The fourth-order valence-corrected chi connectivity index (χ4v) is 4.78. The predicted octanol–water partition coefficient (Wildman–Crippen LogP) is 2.82. The number of hydrogen-bond donors (Lipinski definition) is 2. The molecule has 2 bridgehead atoms. The van der Waals surface area contributed by atoms with Crippen LogP contribution in [0.1, 0.15) is 38.3 Å². The standard InChI is InChI=1S/C16H20F3N3O2S/c1-8(11-5-9-2-3-10(11)4-9)20-14(24)7-25-15-21-12(16(17,18)19)6-13(23)22-15/h6,8-11H,2-5,7H2,1H3,(H,20,24)(H,21,22,23). The van der Waals surface area contributed by atoms with Gasteiger partial charge in [0.15, 0.2) is 10.9 Å². The molecule has 5 nitrogen and oxygen atoms in total. The van der Waals surface area contributed by atoms with Crippen LogP contribution < -0.4 is 10.9 Å². The second-order valence-electron chi connectivity index (χ2n) is 6.92. The van der Waals surface area contributed by atoms with Gasteiger partial charge in [-0.3, -0.25) is 9.59 Å². The second kappa shape index (κ2) is 7.01. The first kappa shape index (κ1) is 18.3. The minimum atomic E-state index is -4.69. The van der Waals surface area contributed by atoms with Gasteiger partial charge in [0.25, 0.3) is 5.56 Å². The summed E-state index contributed by atoms with van der Waals surface area (Å²) >= 11 is 0.794. The molecule has 0 saturated heterocycles. The molecule has 2 saturated carbocycles. The molecule has 25 heavy (non-hydrogen) atoms. The summed E-state index contributed by atoms with van der Waals surface area (Å²) in [7, 11) is 0. The van der Waals surface area contributed by atoms with Crippen LogP contribution in [0.5, 0.6) is 0 Å². The predicted molar refractivity (Wildman–Crippen MR) is 87.1 cm³/mol. The highest BCUT2D eigenvalue weighted by molar-refractivity contribution is 7.99. The molecule has 1 aromatic heterocycles. The van der Waals surface area contributed by atoms with Crippen LogP contribution in [0.25, 0.3) is 0 Å². The number of fused-ring (bicyclic) bond motifs is 2. The highest BCUT2D eigenvalue weighted by Crippen LogP contribution is 2.49. The van der Waals surface area contributed by atoms with Crippen LogP contribution in [0.2, 0.25) is 0 Å². The van der Waals surface area contributed by atoms with Gasteiger partial charge in [0, 0.05) is 12.1 Å². The maximum absolute atomic E-state index is 12.7. The Kier molecular flexibility index (Phi) is 5.13. The van der Waals surface area contributed by atoms with Crippen LogP contribution >= 0.6 is 11.8 Å². The molecule has 9 heteroatoms. The third kappa shape index (κ3) is 4.37. The number of thioether (sulfide) groups is 1. The van der Waals surface area contributed by atoms with Gasteiger partial charge in [0.05, 0.1) is 5.75 Å². The van der Waals surface area contributed by atoms with Crippen LogP contribution in [0.3, 0.4) is 0 Å². The van der Waals surface area contributed by atoms with Gasteiger partial charge in [-0.1, -0.05) is 18.2 Å². The lowest BCUT2D eigenvalue weighted by atomic mass is 9.84. The fourth-order valence-electron chi connectivity index (χ4n) is 4.09. The smallest absolute Gasteiger partial charge is 0.353 e. The van der Waals surface area contributed by atoms with Crippen molar-refractivity contribution < 1.29 is 18.0 Å². The first-order chi connectivity index (χ1) is 11.7. The molecule has 1 amide bonds. The lowest BCUT2D eigenvalue weighted by Crippen LogP contribution is -2.41. The van der Waals surface area contributed by atoms with Crippen molar-refractivity contribution in [3.05, 3.63) is 22.1 Å². The number of amides is 1. The number of nitrogens with one attached hydrogen (secondary N) is 2. The van der Waals surface area contributed by atoms with Crippen molar-refractivity contribution >= 4 is 17.7 Å². The van der Waals surface area contributed by atoms with Crippen LogP contribution in [0.4, 0.5) is 13.2 Å². The molecule has 2 aliphatic carbocycles. The Morgan fingerprint density at radius 3 is 2.80 bits per heavy atom. The minimum Gasteiger partial charge on any atom is -0.353 e. The van der Waals surface area contributed by atoms with E-state index in [9.17, 15) is 22.8 Å². The molecule has 2 N–H and O–H groups in total. The Bertz CT molecular complexity index is 707. The number of carbonyl (C=O) groups excluding carboxylic acids is 1. The topological polar surface area (TPSA) is 74.8 Å². The Hall–Kier alpha value is -1.51. The quantitative estimate of drug-likeness (QED) is 0.613. The summed E-state index contributed by atoms with van der Waals surface area (Å²) < 4.78 is 38.0. The Balaban J connectivity index is 1.54. The zero-order chi connectivity index (χ0) is 18.2. The van der Waals surface area contributed by atoms with Gasteiger partial charge in [-0.05, 0) is 43.9 Å². The number of halogens is 3. The lowest BCUT2D eigenvalue weighted by Gasteiger charge is -2.28. The summed E-state index contributed by atoms with van der Waals surface area (Å²) in [6.07, 6.45) is 0.199. The summed E-state index contributed by atoms with van der Waals surface area (Å²) in [4.78, 5) is 29.0. The molecule has 2 fully saturated rings. The van der Waals surface area contributed by atoms with E-state index in [2.05, 4.69) is 15.3 Å². The number of hydrogen-bond acceptors (Lipinski definition) is 4. The number of aromatic amines is 1. The summed E-state index contributed by atoms with van der Waals surface area (Å²) in [5.41, 5.74) is -2.14. The summed E-state index contributed by atoms with van der Waals surface area (Å²) in [5, 5.41) is 2.73. The number of alkyl halides is 3. The lowest BCUT2D eigenvalue weighted by molar-refractivity contribution is -0.141. The fraction of sp³-hybridized carbons (Fsp3) is 0.688. The van der Waals surface area contributed by atoms with Crippen molar-refractivity contribution in [1.29, 1.82) is 0 Å². The van der Waals surface area contributed by atoms with E-state index >= 15 is 0 Å². The van der Waals surface area contributed by atoms with Crippen molar-refractivity contribution in [2.24, 2.45) is 17.8 Å². The second-order valence-corrected chi connectivity index (χ2v) is 7.88. The molecule has 2 aliphatic rings. The largest absolute Gasteiger partial charge is 0.433 e. The van der Waals surface area contributed by atoms with E-state index in [0.29, 0.717) is 17.9 Å². The SMILES string of the molecule is CC(NC(=O)CSc1nc(C(F)(F)F)cc(=O)[nH]1)C1CC2CCC1C2. The molecule has 1 aromatic rings. The van der Waals surface area contributed by atoms with E-state index in [1.165, 1.54) is 19.3 Å². The minimum absolute atomic E-state index is 0.0527. The molecule has 138 valence electrons. The van der Waals surface area contributed by atoms with E-state index < -0.39 is 17.4 Å². The molecule has 1 heterocycles. The zero-order valence-electron chi connectivity index (χ0n) is 13.7. The van der Waals surface area contributed by atoms with Gasteiger partial charge in [-0.25, -0.2) is 4.98 Å². The Morgan fingerprint density at radius 2 is 2.20 bits per heavy atom. The molecule has 0 spiro atoms. The average Bonchev–Trinajstić information content (AvgIpc) is 3.14. The third-order valence-corrected chi connectivity index (χ3v) is 6.05. The summed E-state index contributed by atoms with van der Waals surface area (Å²) in [6, 6.07) is 0.457. The van der Waals surface area contributed by atoms with E-state index in [0.717, 1.165) is 24.1 Å². The van der Waals surface area contributed by atoms with Crippen molar-refractivity contribution in [2.45, 2.75) is 50.0 Å². The van der Waals surface area contributed by atoms with Crippen LogP contribution in [0, 0.1) is 17.8 Å². The van der Waals surface area contributed by atoms with Gasteiger partial charge in [-0.2, -0.15) is 13.2 Å². The van der Waals surface area contributed by atoms with Gasteiger partial charge >= 0.3 is 6.18 Å². The van der Waals surface area contributed by atoms with E-state index in [4.69, 9.17) is 0 Å². The van der Waals surface area contributed by atoms with E-state index in [-0.39, 0.29) is 22.9 Å². The molecule has 0 aromatic carbocycles. The molecule has 4 unspecified atom stereocenters. The monoisotopic (exact) mass is 375 g/mol. The molecule has 4 atom stereocenters. The highest BCUT2D eigenvalue weighted by atomic mass is 32.2. The molecule has 3 rings (SSSR count). The van der Waals surface area contributed by atoms with Crippen molar-refractivity contribution in [2.75, 3.05) is 5.75 Å². The van der Waals surface area contributed by atoms with Gasteiger partial charge in [-0.15, -0.1) is 0 Å². The van der Waals surface area contributed by atoms with Gasteiger partial charge in [0.1, 0.15) is 0 Å². The van der Waals surface area contributed by atoms with Crippen molar-refractivity contribution in [3.8, 4) is 0 Å². The molecule has 0 aliphatic heterocycles. The maximum atomic E-state index is 12.7. The average molecular weight is 375 g/mol. The van der Waals surface area contributed by atoms with Crippen LogP contribution in [0.15, 0.2) is 16.0 Å². The first-order valence-electron chi connectivity index (χ1n) is 8.33. The number of carbonyl (C=O) groups is 1. The number of aromatic nitrogens is 2.